The number of benzene rings is 2. The van der Waals surface area contributed by atoms with E-state index in [-0.39, 0.29) is 29.8 Å². The van der Waals surface area contributed by atoms with Crippen LogP contribution >= 0.6 is 11.3 Å². The quantitative estimate of drug-likeness (QED) is 0.418. The Hall–Kier alpha value is -2.76. The fraction of sp³-hybridized carbons (Fsp3) is 0.316. The Morgan fingerprint density at radius 1 is 1.20 bits per heavy atom. The van der Waals surface area contributed by atoms with Crippen LogP contribution in [-0.2, 0) is 10.0 Å². The van der Waals surface area contributed by atoms with Crippen molar-refractivity contribution in [1.82, 2.24) is 9.29 Å². The number of aromatic nitrogens is 1. The molecule has 11 heteroatoms. The van der Waals surface area contributed by atoms with Gasteiger partial charge in [-0.15, -0.1) is 0 Å². The van der Waals surface area contributed by atoms with Gasteiger partial charge in [0.15, 0.2) is 0 Å². The van der Waals surface area contributed by atoms with Gasteiger partial charge in [-0.25, -0.2) is 13.4 Å². The van der Waals surface area contributed by atoms with Crippen LogP contribution in [0, 0.1) is 10.1 Å². The molecule has 0 radical (unpaired) electrons. The van der Waals surface area contributed by atoms with E-state index in [2.05, 4.69) is 4.98 Å². The SMILES string of the molecule is COc1ccc2nc(OC3CCN(S(=O)(=O)c4cccc([N+](=O)[O-])c4)CC3)sc2c1. The fourth-order valence-electron chi connectivity index (χ4n) is 3.30. The first-order chi connectivity index (χ1) is 14.4. The van der Waals surface area contributed by atoms with Crippen molar-refractivity contribution in [3.8, 4) is 10.9 Å². The number of non-ortho nitro benzene ring substituents is 1. The number of piperidine rings is 1. The van der Waals surface area contributed by atoms with Gasteiger partial charge in [0.05, 0.1) is 27.1 Å². The summed E-state index contributed by atoms with van der Waals surface area (Å²) in [4.78, 5) is 14.7. The van der Waals surface area contributed by atoms with Crippen LogP contribution in [0.15, 0.2) is 47.4 Å². The van der Waals surface area contributed by atoms with Crippen LogP contribution in [-0.4, -0.2) is 48.9 Å². The highest BCUT2D eigenvalue weighted by Gasteiger charge is 2.31. The summed E-state index contributed by atoms with van der Waals surface area (Å²) in [6.07, 6.45) is 0.866. The summed E-state index contributed by atoms with van der Waals surface area (Å²) in [6.45, 7) is 0.544. The predicted molar refractivity (Wildman–Crippen MR) is 112 cm³/mol. The molecule has 1 saturated heterocycles. The van der Waals surface area contributed by atoms with Crippen molar-refractivity contribution in [2.24, 2.45) is 0 Å². The molecule has 0 atom stereocenters. The van der Waals surface area contributed by atoms with E-state index in [1.54, 1.807) is 7.11 Å². The third-order valence-corrected chi connectivity index (χ3v) is 7.71. The van der Waals surface area contributed by atoms with Crippen LogP contribution in [0.5, 0.6) is 10.9 Å². The first-order valence-electron chi connectivity index (χ1n) is 9.22. The van der Waals surface area contributed by atoms with E-state index >= 15 is 0 Å². The fourth-order valence-corrected chi connectivity index (χ4v) is 5.72. The molecule has 0 amide bonds. The van der Waals surface area contributed by atoms with Gasteiger partial charge in [0.2, 0.25) is 10.0 Å². The average molecular weight is 450 g/mol. The van der Waals surface area contributed by atoms with E-state index in [1.165, 1.54) is 33.8 Å². The van der Waals surface area contributed by atoms with Crippen LogP contribution in [0.3, 0.4) is 0 Å². The number of hydrogen-bond donors (Lipinski definition) is 0. The van der Waals surface area contributed by atoms with Gasteiger partial charge in [0, 0.05) is 25.2 Å². The van der Waals surface area contributed by atoms with Gasteiger partial charge < -0.3 is 9.47 Å². The normalized spacial score (nSPS) is 15.9. The first-order valence-corrected chi connectivity index (χ1v) is 11.5. The second-order valence-electron chi connectivity index (χ2n) is 6.79. The van der Waals surface area contributed by atoms with Gasteiger partial charge >= 0.3 is 0 Å². The third kappa shape index (κ3) is 4.09. The van der Waals surface area contributed by atoms with Gasteiger partial charge in [-0.2, -0.15) is 4.31 Å². The van der Waals surface area contributed by atoms with Crippen molar-refractivity contribution < 1.29 is 22.8 Å². The van der Waals surface area contributed by atoms with Gasteiger partial charge in [-0.3, -0.25) is 10.1 Å². The minimum Gasteiger partial charge on any atom is -0.497 e. The number of ether oxygens (including phenoxy) is 2. The Balaban J connectivity index is 1.42. The van der Waals surface area contributed by atoms with E-state index in [4.69, 9.17) is 9.47 Å². The molecule has 1 aliphatic heterocycles. The summed E-state index contributed by atoms with van der Waals surface area (Å²) in [5.41, 5.74) is 0.572. The molecule has 2 aromatic carbocycles. The van der Waals surface area contributed by atoms with Crippen molar-refractivity contribution >= 4 is 37.3 Å². The summed E-state index contributed by atoms with van der Waals surface area (Å²) >= 11 is 1.42. The molecule has 0 bridgehead atoms. The number of rotatable bonds is 6. The molecule has 3 aromatic rings. The van der Waals surface area contributed by atoms with Gasteiger partial charge in [-0.1, -0.05) is 17.4 Å². The molecular weight excluding hydrogens is 430 g/mol. The number of sulfonamides is 1. The molecule has 0 spiro atoms. The lowest BCUT2D eigenvalue weighted by Crippen LogP contribution is -2.41. The molecular formula is C19H19N3O6S2. The summed E-state index contributed by atoms with van der Waals surface area (Å²) in [7, 11) is -2.19. The number of fused-ring (bicyclic) bond motifs is 1. The molecule has 0 unspecified atom stereocenters. The van der Waals surface area contributed by atoms with Crippen LogP contribution in [0.2, 0.25) is 0 Å². The van der Waals surface area contributed by atoms with Crippen molar-refractivity contribution in [1.29, 1.82) is 0 Å². The highest BCUT2D eigenvalue weighted by molar-refractivity contribution is 7.89. The Kier molecular flexibility index (Phi) is 5.58. The minimum atomic E-state index is -3.80. The molecule has 30 heavy (non-hydrogen) atoms. The van der Waals surface area contributed by atoms with E-state index in [0.717, 1.165) is 22.0 Å². The van der Waals surface area contributed by atoms with Gasteiger partial charge in [-0.05, 0) is 37.1 Å². The summed E-state index contributed by atoms with van der Waals surface area (Å²) in [6, 6.07) is 10.7. The average Bonchev–Trinajstić information content (AvgIpc) is 3.15. The highest BCUT2D eigenvalue weighted by atomic mass is 32.2. The van der Waals surface area contributed by atoms with E-state index in [0.29, 0.717) is 18.0 Å². The largest absolute Gasteiger partial charge is 0.497 e. The molecule has 0 N–H and O–H groups in total. The zero-order valence-electron chi connectivity index (χ0n) is 16.1. The number of hydrogen-bond acceptors (Lipinski definition) is 8. The molecule has 0 aliphatic carbocycles. The van der Waals surface area contributed by atoms with Crippen LogP contribution < -0.4 is 9.47 Å². The summed E-state index contributed by atoms with van der Waals surface area (Å²) in [5.74, 6) is 0.748. The maximum atomic E-state index is 12.8. The maximum Gasteiger partial charge on any atom is 0.274 e. The predicted octanol–water partition coefficient (Wildman–Crippen LogP) is 3.45. The Labute approximate surface area is 177 Å². The molecule has 1 fully saturated rings. The molecule has 4 rings (SSSR count). The monoisotopic (exact) mass is 449 g/mol. The number of thiazole rings is 1. The van der Waals surface area contributed by atoms with Crippen LogP contribution in [0.4, 0.5) is 5.69 Å². The molecule has 2 heterocycles. The van der Waals surface area contributed by atoms with E-state index in [1.807, 2.05) is 18.2 Å². The van der Waals surface area contributed by atoms with Crippen molar-refractivity contribution in [3.05, 3.63) is 52.6 Å². The van der Waals surface area contributed by atoms with Crippen molar-refractivity contribution in [3.63, 3.8) is 0 Å². The van der Waals surface area contributed by atoms with Gasteiger partial charge in [0.25, 0.3) is 10.9 Å². The highest BCUT2D eigenvalue weighted by Crippen LogP contribution is 2.32. The maximum absolute atomic E-state index is 12.8. The molecule has 158 valence electrons. The number of nitro benzene ring substituents is 1. The van der Waals surface area contributed by atoms with Crippen molar-refractivity contribution in [2.75, 3.05) is 20.2 Å². The summed E-state index contributed by atoms with van der Waals surface area (Å²) in [5, 5.41) is 11.5. The molecule has 9 nitrogen and oxygen atoms in total. The second-order valence-corrected chi connectivity index (χ2v) is 9.72. The standard InChI is InChI=1S/C19H19N3O6S2/c1-27-15-5-6-17-18(12-15)29-19(20-17)28-14-7-9-21(10-8-14)30(25,26)16-4-2-3-13(11-16)22(23)24/h2-6,11-12,14H,7-10H2,1H3. The lowest BCUT2D eigenvalue weighted by Gasteiger charge is -2.30. The number of nitro groups is 1. The zero-order chi connectivity index (χ0) is 21.3. The number of methoxy groups -OCH3 is 1. The Morgan fingerprint density at radius 2 is 1.97 bits per heavy atom. The first kappa shape index (κ1) is 20.5. The van der Waals surface area contributed by atoms with Gasteiger partial charge in [0.1, 0.15) is 11.9 Å². The second kappa shape index (κ2) is 8.17. The van der Waals surface area contributed by atoms with Crippen LogP contribution in [0.1, 0.15) is 12.8 Å². The molecule has 0 saturated carbocycles. The number of nitrogens with zero attached hydrogens (tertiary/aromatic N) is 3. The smallest absolute Gasteiger partial charge is 0.274 e. The topological polar surface area (TPSA) is 112 Å². The minimum absolute atomic E-state index is 0.0730. The Morgan fingerprint density at radius 3 is 2.67 bits per heavy atom. The Bertz CT molecular complexity index is 1190. The zero-order valence-corrected chi connectivity index (χ0v) is 17.7. The third-order valence-electron chi connectivity index (χ3n) is 4.91. The van der Waals surface area contributed by atoms with Crippen LogP contribution in [0.25, 0.3) is 10.2 Å². The van der Waals surface area contributed by atoms with E-state index < -0.39 is 14.9 Å². The molecule has 1 aliphatic rings. The molecule has 1 aromatic heterocycles. The van der Waals surface area contributed by atoms with Crippen molar-refractivity contribution in [2.45, 2.75) is 23.8 Å². The van der Waals surface area contributed by atoms with E-state index in [9.17, 15) is 18.5 Å². The summed E-state index contributed by atoms with van der Waals surface area (Å²) < 4.78 is 39.2. The lowest BCUT2D eigenvalue weighted by atomic mass is 10.1. The lowest BCUT2D eigenvalue weighted by molar-refractivity contribution is -0.385.